The predicted molar refractivity (Wildman–Crippen MR) is 60.8 cm³/mol. The summed E-state index contributed by atoms with van der Waals surface area (Å²) in [6, 6.07) is 4.83. The van der Waals surface area contributed by atoms with Gasteiger partial charge in [0.05, 0.1) is 18.8 Å². The van der Waals surface area contributed by atoms with Gasteiger partial charge in [0.2, 0.25) is 0 Å². The Labute approximate surface area is 94.1 Å². The molecule has 0 radical (unpaired) electrons. The van der Waals surface area contributed by atoms with Crippen molar-refractivity contribution in [3.63, 3.8) is 0 Å². The van der Waals surface area contributed by atoms with E-state index in [0.717, 1.165) is 0 Å². The molecule has 0 saturated carbocycles. The molecule has 0 heterocycles. The molecule has 1 aromatic carbocycles. The zero-order valence-corrected chi connectivity index (χ0v) is 9.04. The zero-order chi connectivity index (χ0) is 12.1. The summed E-state index contributed by atoms with van der Waals surface area (Å²) < 4.78 is 0. The molecule has 1 aromatic rings. The van der Waals surface area contributed by atoms with Crippen molar-refractivity contribution in [2.75, 3.05) is 0 Å². The maximum Gasteiger partial charge on any atom is 0.121 e. The Kier molecular flexibility index (Phi) is 4.49. The molecule has 0 saturated heterocycles. The smallest absolute Gasteiger partial charge is 0.121 e. The summed E-state index contributed by atoms with van der Waals surface area (Å²) in [6.45, 7) is 1.20. The lowest BCUT2D eigenvalue weighted by molar-refractivity contribution is 0.0624. The summed E-state index contributed by atoms with van der Waals surface area (Å²) in [5, 5.41) is 37.0. The maximum absolute atomic E-state index is 9.46. The molecule has 0 fully saturated rings. The summed E-state index contributed by atoms with van der Waals surface area (Å²) in [6.07, 6.45) is 1.15. The highest BCUT2D eigenvalue weighted by molar-refractivity contribution is 5.57. The fourth-order valence-electron chi connectivity index (χ4n) is 1.28. The van der Waals surface area contributed by atoms with Crippen LogP contribution in [0.1, 0.15) is 18.1 Å². The number of aromatic hydroxyl groups is 1. The number of aliphatic hydroxyl groups excluding tert-OH is 3. The van der Waals surface area contributed by atoms with Crippen LogP contribution in [0, 0.1) is 0 Å². The molecule has 16 heavy (non-hydrogen) atoms. The van der Waals surface area contributed by atoms with Crippen molar-refractivity contribution in [3.8, 4) is 5.75 Å². The van der Waals surface area contributed by atoms with Crippen LogP contribution >= 0.6 is 0 Å². The second-order valence-corrected chi connectivity index (χ2v) is 3.59. The molecule has 88 valence electrons. The maximum atomic E-state index is 9.46. The minimum atomic E-state index is -0.964. The van der Waals surface area contributed by atoms with Crippen LogP contribution in [0.15, 0.2) is 24.3 Å². The quantitative estimate of drug-likeness (QED) is 0.605. The minimum absolute atomic E-state index is 0.0104. The highest BCUT2D eigenvalue weighted by Gasteiger charge is 2.07. The Hall–Kier alpha value is -1.36. The van der Waals surface area contributed by atoms with E-state index >= 15 is 0 Å². The van der Waals surface area contributed by atoms with E-state index in [1.54, 1.807) is 18.2 Å². The van der Waals surface area contributed by atoms with E-state index in [9.17, 15) is 10.2 Å². The van der Waals surface area contributed by atoms with Gasteiger partial charge in [0.15, 0.2) is 0 Å². The monoisotopic (exact) mass is 224 g/mol. The molecule has 2 atom stereocenters. The molecule has 0 aliphatic heterocycles. The summed E-state index contributed by atoms with van der Waals surface area (Å²) >= 11 is 0. The fraction of sp³-hybridized carbons (Fsp3) is 0.333. The Morgan fingerprint density at radius 3 is 2.56 bits per heavy atom. The Morgan fingerprint density at radius 1 is 1.31 bits per heavy atom. The van der Waals surface area contributed by atoms with Gasteiger partial charge in [0, 0.05) is 5.56 Å². The number of phenols is 1. The van der Waals surface area contributed by atoms with E-state index in [1.807, 2.05) is 0 Å². The lowest BCUT2D eigenvalue weighted by atomic mass is 10.1. The first kappa shape index (κ1) is 12.7. The van der Waals surface area contributed by atoms with Crippen LogP contribution in [0.2, 0.25) is 0 Å². The van der Waals surface area contributed by atoms with Gasteiger partial charge in [0.1, 0.15) is 5.75 Å². The SMILES string of the molecule is C[C@H](O)[C@H](O)C=Cc1cccc(O)c1CO. The topological polar surface area (TPSA) is 80.9 Å². The second kappa shape index (κ2) is 5.65. The van der Waals surface area contributed by atoms with Crippen LogP contribution < -0.4 is 0 Å². The van der Waals surface area contributed by atoms with Gasteiger partial charge in [-0.05, 0) is 18.6 Å². The van der Waals surface area contributed by atoms with E-state index in [4.69, 9.17) is 10.2 Å². The number of aliphatic hydroxyl groups is 3. The first-order chi connectivity index (χ1) is 7.56. The van der Waals surface area contributed by atoms with Gasteiger partial charge >= 0.3 is 0 Å². The van der Waals surface area contributed by atoms with Gasteiger partial charge in [-0.25, -0.2) is 0 Å². The summed E-state index contributed by atoms with van der Waals surface area (Å²) in [5.74, 6) is 0.0104. The lowest BCUT2D eigenvalue weighted by Gasteiger charge is -2.09. The van der Waals surface area contributed by atoms with Crippen molar-refractivity contribution >= 4 is 6.08 Å². The molecular weight excluding hydrogens is 208 g/mol. The zero-order valence-electron chi connectivity index (χ0n) is 9.04. The third-order valence-electron chi connectivity index (χ3n) is 2.31. The molecular formula is C12H16O4. The molecule has 0 unspecified atom stereocenters. The molecule has 1 rings (SSSR count). The summed E-state index contributed by atoms with van der Waals surface area (Å²) in [4.78, 5) is 0. The van der Waals surface area contributed by atoms with Gasteiger partial charge in [-0.1, -0.05) is 24.3 Å². The van der Waals surface area contributed by atoms with Crippen LogP contribution in [0.3, 0.4) is 0 Å². The molecule has 4 nitrogen and oxygen atoms in total. The number of rotatable bonds is 4. The molecule has 4 heteroatoms. The van der Waals surface area contributed by atoms with Crippen molar-refractivity contribution < 1.29 is 20.4 Å². The second-order valence-electron chi connectivity index (χ2n) is 3.59. The molecule has 0 bridgehead atoms. The molecule has 0 aromatic heterocycles. The fourth-order valence-corrected chi connectivity index (χ4v) is 1.28. The van der Waals surface area contributed by atoms with Crippen molar-refractivity contribution in [1.82, 2.24) is 0 Å². The van der Waals surface area contributed by atoms with Crippen molar-refractivity contribution in [3.05, 3.63) is 35.4 Å². The number of hydrogen-bond donors (Lipinski definition) is 4. The van der Waals surface area contributed by atoms with Gasteiger partial charge in [-0.2, -0.15) is 0 Å². The van der Waals surface area contributed by atoms with Gasteiger partial charge in [-0.3, -0.25) is 0 Å². The largest absolute Gasteiger partial charge is 0.508 e. The first-order valence-corrected chi connectivity index (χ1v) is 5.02. The molecule has 0 aliphatic rings. The van der Waals surface area contributed by atoms with Crippen LogP contribution in [0.4, 0.5) is 0 Å². The van der Waals surface area contributed by atoms with Crippen molar-refractivity contribution in [2.45, 2.75) is 25.7 Å². The Balaban J connectivity index is 2.93. The van der Waals surface area contributed by atoms with Crippen LogP contribution in [-0.2, 0) is 6.61 Å². The van der Waals surface area contributed by atoms with Crippen LogP contribution in [0.5, 0.6) is 5.75 Å². The highest BCUT2D eigenvalue weighted by atomic mass is 16.3. The average Bonchev–Trinajstić information content (AvgIpc) is 2.25. The summed E-state index contributed by atoms with van der Waals surface area (Å²) in [5.41, 5.74) is 1.01. The summed E-state index contributed by atoms with van der Waals surface area (Å²) in [7, 11) is 0. The predicted octanol–water partition coefficient (Wildman–Crippen LogP) is 0.639. The Morgan fingerprint density at radius 2 is 2.00 bits per heavy atom. The third kappa shape index (κ3) is 3.06. The molecule has 0 amide bonds. The normalized spacial score (nSPS) is 15.2. The van der Waals surface area contributed by atoms with E-state index in [-0.39, 0.29) is 12.4 Å². The van der Waals surface area contributed by atoms with E-state index in [1.165, 1.54) is 19.1 Å². The minimum Gasteiger partial charge on any atom is -0.508 e. The first-order valence-electron chi connectivity index (χ1n) is 5.02. The Bertz CT molecular complexity index is 371. The molecule has 4 N–H and O–H groups in total. The number of benzene rings is 1. The third-order valence-corrected chi connectivity index (χ3v) is 2.31. The highest BCUT2D eigenvalue weighted by Crippen LogP contribution is 2.22. The number of hydrogen-bond acceptors (Lipinski definition) is 4. The standard InChI is InChI=1S/C12H16O4/c1-8(14)11(15)6-5-9-3-2-4-12(16)10(9)7-13/h2-6,8,11,13-16H,7H2,1H3/t8-,11+/m0/s1. The van der Waals surface area contributed by atoms with Crippen molar-refractivity contribution in [1.29, 1.82) is 0 Å². The average molecular weight is 224 g/mol. The van der Waals surface area contributed by atoms with E-state index in [0.29, 0.717) is 11.1 Å². The van der Waals surface area contributed by atoms with Gasteiger partial charge in [-0.15, -0.1) is 0 Å². The van der Waals surface area contributed by atoms with E-state index in [2.05, 4.69) is 0 Å². The van der Waals surface area contributed by atoms with Gasteiger partial charge in [0.25, 0.3) is 0 Å². The van der Waals surface area contributed by atoms with Crippen LogP contribution in [-0.4, -0.2) is 32.6 Å². The molecule has 0 aliphatic carbocycles. The molecule has 0 spiro atoms. The lowest BCUT2D eigenvalue weighted by Crippen LogP contribution is -2.19. The van der Waals surface area contributed by atoms with E-state index < -0.39 is 12.2 Å². The van der Waals surface area contributed by atoms with Gasteiger partial charge < -0.3 is 20.4 Å². The van der Waals surface area contributed by atoms with Crippen molar-refractivity contribution in [2.24, 2.45) is 0 Å². The van der Waals surface area contributed by atoms with Crippen LogP contribution in [0.25, 0.3) is 6.08 Å².